The van der Waals surface area contributed by atoms with E-state index in [0.717, 1.165) is 0 Å². The van der Waals surface area contributed by atoms with E-state index in [0.29, 0.717) is 5.75 Å². The van der Waals surface area contributed by atoms with Crippen LogP contribution in [0.3, 0.4) is 0 Å². The number of rotatable bonds is 4. The molecule has 0 spiro atoms. The molecule has 18 heavy (non-hydrogen) atoms. The van der Waals surface area contributed by atoms with Gasteiger partial charge in [0.1, 0.15) is 12.3 Å². The minimum Gasteiger partial charge on any atom is -0.480 e. The summed E-state index contributed by atoms with van der Waals surface area (Å²) in [6.45, 7) is 5.76. The highest BCUT2D eigenvalue weighted by Crippen LogP contribution is 2.22. The van der Waals surface area contributed by atoms with Gasteiger partial charge in [-0.2, -0.15) is 0 Å². The van der Waals surface area contributed by atoms with Crippen LogP contribution in [0.5, 0.6) is 0 Å². The lowest BCUT2D eigenvalue weighted by Gasteiger charge is -2.30. The summed E-state index contributed by atoms with van der Waals surface area (Å²) in [4.78, 5) is 22.4. The Morgan fingerprint density at radius 1 is 1.61 bits per heavy atom. The average molecular weight is 276 g/mol. The Bertz CT molecular complexity index is 329. The summed E-state index contributed by atoms with van der Waals surface area (Å²) < 4.78 is 0. The molecule has 1 rings (SSSR count). The molecule has 0 radical (unpaired) electrons. The predicted molar refractivity (Wildman–Crippen MR) is 69.3 cm³/mol. The number of carbonyl (C=O) groups excluding carboxylic acids is 1. The van der Waals surface area contributed by atoms with Gasteiger partial charge < -0.3 is 15.5 Å². The van der Waals surface area contributed by atoms with E-state index in [9.17, 15) is 14.7 Å². The molecule has 104 valence electrons. The van der Waals surface area contributed by atoms with Crippen LogP contribution >= 0.6 is 11.8 Å². The number of aliphatic hydroxyl groups is 1. The molecule has 1 saturated heterocycles. The summed E-state index contributed by atoms with van der Waals surface area (Å²) in [5.74, 6) is -1.02. The molecule has 0 aliphatic carbocycles. The quantitative estimate of drug-likeness (QED) is 0.529. The monoisotopic (exact) mass is 276 g/mol. The molecular weight excluding hydrogens is 256 g/mol. The number of thioether (sulfide) groups is 1. The highest BCUT2D eigenvalue weighted by molar-refractivity contribution is 8.00. The summed E-state index contributed by atoms with van der Waals surface area (Å²) in [7, 11) is 0. The number of aliphatic hydroxyl groups excluding tert-OH is 1. The van der Waals surface area contributed by atoms with Crippen molar-refractivity contribution in [2.45, 2.75) is 50.3 Å². The van der Waals surface area contributed by atoms with Crippen LogP contribution in [0.25, 0.3) is 0 Å². The summed E-state index contributed by atoms with van der Waals surface area (Å²) in [5, 5.41) is 23.6. The lowest BCUT2D eigenvalue weighted by molar-refractivity contribution is -0.141. The molecule has 0 aromatic carbocycles. The van der Waals surface area contributed by atoms with Crippen molar-refractivity contribution in [1.82, 2.24) is 10.6 Å². The van der Waals surface area contributed by atoms with Crippen LogP contribution in [0.4, 0.5) is 0 Å². The van der Waals surface area contributed by atoms with Gasteiger partial charge in [-0.15, -0.1) is 11.8 Å². The van der Waals surface area contributed by atoms with Crippen molar-refractivity contribution in [3.63, 3.8) is 0 Å². The molecule has 1 amide bonds. The van der Waals surface area contributed by atoms with Crippen LogP contribution in [-0.2, 0) is 9.59 Å². The maximum Gasteiger partial charge on any atom is 0.327 e. The van der Waals surface area contributed by atoms with Crippen LogP contribution in [0, 0.1) is 0 Å². The third-order valence-corrected chi connectivity index (χ3v) is 3.74. The number of hydrogen-bond donors (Lipinski definition) is 4. The second-order valence-electron chi connectivity index (χ2n) is 5.37. The van der Waals surface area contributed by atoms with Gasteiger partial charge in [0.2, 0.25) is 5.91 Å². The van der Waals surface area contributed by atoms with Crippen LogP contribution in [0.1, 0.15) is 27.2 Å². The number of carbonyl (C=O) groups is 2. The largest absolute Gasteiger partial charge is 0.480 e. The van der Waals surface area contributed by atoms with Crippen molar-refractivity contribution in [2.75, 3.05) is 5.75 Å². The fourth-order valence-corrected chi connectivity index (χ4v) is 2.85. The molecule has 7 heteroatoms. The van der Waals surface area contributed by atoms with E-state index in [1.807, 2.05) is 20.8 Å². The first kappa shape index (κ1) is 15.3. The molecule has 0 bridgehead atoms. The van der Waals surface area contributed by atoms with E-state index in [-0.39, 0.29) is 17.9 Å². The summed E-state index contributed by atoms with van der Waals surface area (Å²) in [6.07, 6.45) is -0.519. The topological polar surface area (TPSA) is 98.7 Å². The highest BCUT2D eigenvalue weighted by Gasteiger charge is 2.33. The molecule has 4 N–H and O–H groups in total. The van der Waals surface area contributed by atoms with Gasteiger partial charge in [-0.1, -0.05) is 0 Å². The van der Waals surface area contributed by atoms with Crippen molar-refractivity contribution in [1.29, 1.82) is 0 Å². The van der Waals surface area contributed by atoms with Crippen LogP contribution in [-0.4, -0.2) is 50.9 Å². The number of amides is 1. The summed E-state index contributed by atoms with van der Waals surface area (Å²) in [6, 6.07) is -0.827. The molecule has 3 unspecified atom stereocenters. The van der Waals surface area contributed by atoms with Gasteiger partial charge in [-0.25, -0.2) is 4.79 Å². The van der Waals surface area contributed by atoms with Gasteiger partial charge in [-0.05, 0) is 20.8 Å². The third kappa shape index (κ3) is 4.83. The maximum atomic E-state index is 11.7. The fraction of sp³-hybridized carbons (Fsp3) is 0.818. The van der Waals surface area contributed by atoms with Crippen molar-refractivity contribution in [3.8, 4) is 0 Å². The van der Waals surface area contributed by atoms with E-state index in [4.69, 9.17) is 5.11 Å². The predicted octanol–water partition coefficient (Wildman–Crippen LogP) is -0.232. The Balaban J connectivity index is 2.45. The smallest absolute Gasteiger partial charge is 0.327 e. The molecule has 0 saturated carbocycles. The number of carboxylic acid groups (broad SMARTS) is 1. The molecule has 3 atom stereocenters. The lowest BCUT2D eigenvalue weighted by atomic mass is 10.1. The Hall–Kier alpha value is -0.790. The van der Waals surface area contributed by atoms with E-state index in [1.165, 1.54) is 11.8 Å². The zero-order valence-electron chi connectivity index (χ0n) is 10.8. The van der Waals surface area contributed by atoms with Gasteiger partial charge in [0.15, 0.2) is 0 Å². The lowest BCUT2D eigenvalue weighted by Crippen LogP contribution is -2.53. The SMILES string of the molecule is CC(C)(C)NC(O)CC1SCC(C(=O)O)NC1=O. The Labute approximate surface area is 111 Å². The molecule has 1 fully saturated rings. The summed E-state index contributed by atoms with van der Waals surface area (Å²) in [5.41, 5.74) is -0.237. The molecule has 1 heterocycles. The first-order valence-electron chi connectivity index (χ1n) is 5.79. The normalized spacial score (nSPS) is 26.6. The maximum absolute atomic E-state index is 11.7. The first-order valence-corrected chi connectivity index (χ1v) is 6.84. The molecule has 1 aliphatic heterocycles. The molecule has 6 nitrogen and oxygen atoms in total. The molecule has 0 aromatic rings. The zero-order chi connectivity index (χ0) is 13.9. The first-order chi connectivity index (χ1) is 8.19. The number of aliphatic carboxylic acids is 1. The molecular formula is C11H20N2O4S. The van der Waals surface area contributed by atoms with Crippen LogP contribution < -0.4 is 10.6 Å². The number of nitrogens with one attached hydrogen (secondary N) is 2. The zero-order valence-corrected chi connectivity index (χ0v) is 11.6. The van der Waals surface area contributed by atoms with E-state index in [2.05, 4.69) is 10.6 Å². The number of hydrogen-bond acceptors (Lipinski definition) is 5. The highest BCUT2D eigenvalue weighted by atomic mass is 32.2. The Kier molecular flexibility index (Phi) is 5.01. The van der Waals surface area contributed by atoms with Gasteiger partial charge in [0.25, 0.3) is 0 Å². The average Bonchev–Trinajstić information content (AvgIpc) is 2.17. The standard InChI is InChI=1S/C11H20N2O4S/c1-11(2,3)13-8(14)4-7-9(15)12-6(5-18-7)10(16)17/h6-8,13-14H,4-5H2,1-3H3,(H,12,15)(H,16,17). The van der Waals surface area contributed by atoms with Crippen molar-refractivity contribution in [3.05, 3.63) is 0 Å². The number of carboxylic acids is 1. The Morgan fingerprint density at radius 3 is 2.67 bits per heavy atom. The Morgan fingerprint density at radius 2 is 2.22 bits per heavy atom. The van der Waals surface area contributed by atoms with E-state index < -0.39 is 23.5 Å². The van der Waals surface area contributed by atoms with E-state index in [1.54, 1.807) is 0 Å². The van der Waals surface area contributed by atoms with Gasteiger partial charge >= 0.3 is 5.97 Å². The van der Waals surface area contributed by atoms with Crippen molar-refractivity contribution >= 4 is 23.6 Å². The van der Waals surface area contributed by atoms with Crippen molar-refractivity contribution in [2.24, 2.45) is 0 Å². The second-order valence-corrected chi connectivity index (χ2v) is 6.60. The minimum atomic E-state index is -1.03. The van der Waals surface area contributed by atoms with Gasteiger partial charge in [0, 0.05) is 17.7 Å². The van der Waals surface area contributed by atoms with E-state index >= 15 is 0 Å². The van der Waals surface area contributed by atoms with Crippen molar-refractivity contribution < 1.29 is 19.8 Å². The van der Waals surface area contributed by atoms with Gasteiger partial charge in [0.05, 0.1) is 5.25 Å². The molecule has 1 aliphatic rings. The third-order valence-electron chi connectivity index (χ3n) is 2.41. The minimum absolute atomic E-state index is 0.237. The summed E-state index contributed by atoms with van der Waals surface area (Å²) >= 11 is 1.27. The fourth-order valence-electron chi connectivity index (χ4n) is 1.66. The van der Waals surface area contributed by atoms with Gasteiger partial charge in [-0.3, -0.25) is 10.1 Å². The second kappa shape index (κ2) is 5.90. The molecule has 0 aromatic heterocycles. The van der Waals surface area contributed by atoms with Crippen LogP contribution in [0.15, 0.2) is 0 Å². The van der Waals surface area contributed by atoms with Crippen LogP contribution in [0.2, 0.25) is 0 Å².